The van der Waals surface area contributed by atoms with Crippen LogP contribution in [0.15, 0.2) is 52.9 Å². The number of fused-ring (bicyclic) bond motifs is 1. The maximum absolute atomic E-state index is 8.49. The molecule has 6 nitrogen and oxygen atoms in total. The van der Waals surface area contributed by atoms with Crippen LogP contribution in [-0.4, -0.2) is 6.54 Å². The first-order chi connectivity index (χ1) is 13.0. The van der Waals surface area contributed by atoms with E-state index in [1.807, 2.05) is 30.3 Å². The van der Waals surface area contributed by atoms with Crippen LogP contribution in [0.1, 0.15) is 19.4 Å². The Labute approximate surface area is 170 Å². The second-order valence-electron chi connectivity index (χ2n) is 6.68. The maximum Gasteiger partial charge on any atom is 0.213 e. The maximum atomic E-state index is 8.49. The Hall–Kier alpha value is -1.93. The summed E-state index contributed by atoms with van der Waals surface area (Å²) in [6.07, 6.45) is 0. The van der Waals surface area contributed by atoms with Gasteiger partial charge in [0.25, 0.3) is 0 Å². The summed E-state index contributed by atoms with van der Waals surface area (Å²) in [5.74, 6) is 1.41. The van der Waals surface area contributed by atoms with Crippen LogP contribution in [-0.2, 0) is 0 Å². The standard InChI is InChI=1S/C20H20ClNO.ClHO4/c1-13(2)12-22-18-11-20(15-5-7-16(21)8-6-15)23-19-9-4-14(3)10-17(18)19;2-1(3,4)5/h4-11,13H,12H2,1-3H3;(H,2,3,4,5). The molecule has 150 valence electrons. The molecule has 0 aliphatic heterocycles. The van der Waals surface area contributed by atoms with Crippen molar-refractivity contribution in [1.82, 2.24) is 0 Å². The van der Waals surface area contributed by atoms with Gasteiger partial charge >= 0.3 is 0 Å². The molecule has 0 atom stereocenters. The molecule has 0 amide bonds. The van der Waals surface area contributed by atoms with E-state index < -0.39 is 10.2 Å². The molecule has 28 heavy (non-hydrogen) atoms. The summed E-state index contributed by atoms with van der Waals surface area (Å²) >= 11 is 5.98. The van der Waals surface area contributed by atoms with Crippen LogP contribution >= 0.6 is 11.6 Å². The molecule has 0 saturated carbocycles. The van der Waals surface area contributed by atoms with Crippen molar-refractivity contribution in [2.75, 3.05) is 6.54 Å². The summed E-state index contributed by atoms with van der Waals surface area (Å²) in [4.78, 5) is 3.55. The molecule has 0 aliphatic rings. The summed E-state index contributed by atoms with van der Waals surface area (Å²) < 4.78 is 40.1. The number of aryl methyl sites for hydroxylation is 1. The predicted octanol–water partition coefficient (Wildman–Crippen LogP) is -1.06. The first-order valence-electron chi connectivity index (χ1n) is 8.52. The van der Waals surface area contributed by atoms with E-state index in [1.165, 1.54) is 5.56 Å². The van der Waals surface area contributed by atoms with Crippen molar-refractivity contribution in [2.45, 2.75) is 20.8 Å². The Morgan fingerprint density at radius 1 is 1.00 bits per heavy atom. The van der Waals surface area contributed by atoms with Gasteiger partial charge in [0, 0.05) is 16.5 Å². The lowest BCUT2D eigenvalue weighted by Crippen LogP contribution is -2.77. The molecule has 8 heteroatoms. The summed E-state index contributed by atoms with van der Waals surface area (Å²) in [6, 6.07) is 16.1. The SMILES string of the molecule is Cc1ccc2oc(-c3ccc(Cl)cc3)cc(=[NH+]CC(C)C)c2c1.[O-][Cl+3]([O-])([O-])[O-]. The zero-order valence-electron chi connectivity index (χ0n) is 15.7. The van der Waals surface area contributed by atoms with Crippen molar-refractivity contribution in [3.05, 3.63) is 64.5 Å². The molecule has 1 N–H and O–H groups in total. The van der Waals surface area contributed by atoms with Crippen molar-refractivity contribution in [2.24, 2.45) is 5.92 Å². The number of benzene rings is 2. The van der Waals surface area contributed by atoms with Gasteiger partial charge in [0.1, 0.15) is 17.9 Å². The van der Waals surface area contributed by atoms with Crippen molar-refractivity contribution in [1.29, 1.82) is 0 Å². The van der Waals surface area contributed by atoms with E-state index in [2.05, 4.69) is 44.0 Å². The lowest BCUT2D eigenvalue weighted by Gasteiger charge is -2.17. The molecule has 0 bridgehead atoms. The van der Waals surface area contributed by atoms with Crippen LogP contribution in [0.4, 0.5) is 0 Å². The van der Waals surface area contributed by atoms with E-state index in [4.69, 9.17) is 34.7 Å². The highest BCUT2D eigenvalue weighted by Crippen LogP contribution is 2.23. The molecule has 0 unspecified atom stereocenters. The van der Waals surface area contributed by atoms with Gasteiger partial charge in [-0.25, -0.2) is 23.6 Å². The molecule has 0 fully saturated rings. The molecule has 0 radical (unpaired) electrons. The fraction of sp³-hybridized carbons (Fsp3) is 0.250. The topological polar surface area (TPSA) is 119 Å². The Kier molecular flexibility index (Phi) is 7.60. The molecule has 0 spiro atoms. The van der Waals surface area contributed by atoms with Crippen LogP contribution in [0.25, 0.3) is 22.3 Å². The zero-order valence-corrected chi connectivity index (χ0v) is 17.2. The van der Waals surface area contributed by atoms with Crippen LogP contribution in [0.3, 0.4) is 0 Å². The Morgan fingerprint density at radius 2 is 1.61 bits per heavy atom. The van der Waals surface area contributed by atoms with Gasteiger partial charge in [-0.05, 0) is 43.3 Å². The van der Waals surface area contributed by atoms with Gasteiger partial charge in [-0.3, -0.25) is 0 Å². The minimum Gasteiger partial charge on any atom is -0.456 e. The van der Waals surface area contributed by atoms with E-state index in [9.17, 15) is 0 Å². The fourth-order valence-electron chi connectivity index (χ4n) is 2.52. The average Bonchev–Trinajstić information content (AvgIpc) is 2.59. The average molecular weight is 426 g/mol. The summed E-state index contributed by atoms with van der Waals surface area (Å²) in [6.45, 7) is 7.42. The van der Waals surface area contributed by atoms with Crippen LogP contribution < -0.4 is 29.0 Å². The van der Waals surface area contributed by atoms with Gasteiger partial charge in [0.15, 0.2) is 0 Å². The first kappa shape index (κ1) is 22.4. The molecule has 1 heterocycles. The zero-order chi connectivity index (χ0) is 20.9. The van der Waals surface area contributed by atoms with Crippen molar-refractivity contribution >= 4 is 22.6 Å². The van der Waals surface area contributed by atoms with Gasteiger partial charge in [0.05, 0.1) is 11.5 Å². The molecule has 3 aromatic rings. The van der Waals surface area contributed by atoms with E-state index >= 15 is 0 Å². The largest absolute Gasteiger partial charge is 0.456 e. The fourth-order valence-corrected chi connectivity index (χ4v) is 2.64. The highest BCUT2D eigenvalue weighted by Gasteiger charge is 2.09. The highest BCUT2D eigenvalue weighted by atomic mass is 35.7. The van der Waals surface area contributed by atoms with E-state index in [-0.39, 0.29) is 0 Å². The molecule has 0 saturated heterocycles. The minimum absolute atomic E-state index is 0.575. The number of halogens is 2. The second kappa shape index (κ2) is 9.52. The van der Waals surface area contributed by atoms with Gasteiger partial charge in [0.2, 0.25) is 5.36 Å². The highest BCUT2D eigenvalue weighted by molar-refractivity contribution is 6.30. The van der Waals surface area contributed by atoms with Crippen molar-refractivity contribution in [3.8, 4) is 11.3 Å². The van der Waals surface area contributed by atoms with Gasteiger partial charge in [-0.2, -0.15) is 0 Å². The third kappa shape index (κ3) is 7.24. The molecule has 1 aromatic heterocycles. The lowest BCUT2D eigenvalue weighted by atomic mass is 10.1. The van der Waals surface area contributed by atoms with Crippen LogP contribution in [0, 0.1) is 23.1 Å². The summed E-state index contributed by atoms with van der Waals surface area (Å²) in [5, 5.41) is 2.94. The third-order valence-corrected chi connectivity index (χ3v) is 4.00. The monoisotopic (exact) mass is 425 g/mol. The van der Waals surface area contributed by atoms with E-state index in [1.54, 1.807) is 0 Å². The summed E-state index contributed by atoms with van der Waals surface area (Å²) in [7, 11) is -4.94. The Bertz CT molecular complexity index is 986. The van der Waals surface area contributed by atoms with Crippen LogP contribution in [0.2, 0.25) is 5.02 Å². The Balaban J connectivity index is 0.000000500. The van der Waals surface area contributed by atoms with E-state index in [0.29, 0.717) is 5.92 Å². The van der Waals surface area contributed by atoms with E-state index in [0.717, 1.165) is 39.2 Å². The molecule has 0 aliphatic carbocycles. The minimum atomic E-state index is -4.94. The van der Waals surface area contributed by atoms with Crippen molar-refractivity contribution in [3.63, 3.8) is 0 Å². The molecule has 3 rings (SSSR count). The lowest BCUT2D eigenvalue weighted by molar-refractivity contribution is -2.00. The number of rotatable bonds is 3. The van der Waals surface area contributed by atoms with Crippen LogP contribution in [0.5, 0.6) is 0 Å². The predicted molar refractivity (Wildman–Crippen MR) is 95.2 cm³/mol. The van der Waals surface area contributed by atoms with Crippen molar-refractivity contribution < 1.29 is 38.3 Å². The normalized spacial score (nSPS) is 12.2. The molecular weight excluding hydrogens is 405 g/mol. The second-order valence-corrected chi connectivity index (χ2v) is 7.88. The number of hydrogen-bond donors (Lipinski definition) is 1. The molecular formula is C20H21Cl2NO5. The number of nitrogens with one attached hydrogen (secondary N) is 1. The summed E-state index contributed by atoms with van der Waals surface area (Å²) in [5.41, 5.74) is 3.12. The van der Waals surface area contributed by atoms with Gasteiger partial charge in [-0.15, -0.1) is 10.2 Å². The first-order valence-corrected chi connectivity index (χ1v) is 10.1. The third-order valence-electron chi connectivity index (χ3n) is 3.75. The smallest absolute Gasteiger partial charge is 0.213 e. The quantitative estimate of drug-likeness (QED) is 0.573. The van der Waals surface area contributed by atoms with Gasteiger partial charge in [-0.1, -0.05) is 37.1 Å². The molecule has 2 aromatic carbocycles. The Morgan fingerprint density at radius 3 is 2.18 bits per heavy atom. The number of hydrogen-bond acceptors (Lipinski definition) is 5. The van der Waals surface area contributed by atoms with Gasteiger partial charge < -0.3 is 4.42 Å².